The topological polar surface area (TPSA) is 75.7 Å². The largest absolute Gasteiger partial charge is 0.504 e. The summed E-state index contributed by atoms with van der Waals surface area (Å²) >= 11 is 0. The van der Waals surface area contributed by atoms with Crippen LogP contribution in [-0.4, -0.2) is 22.3 Å². The lowest BCUT2D eigenvalue weighted by molar-refractivity contribution is 0.309. The van der Waals surface area contributed by atoms with Crippen molar-refractivity contribution >= 4 is 0 Å². The molecule has 1 aromatic heterocycles. The maximum atomic E-state index is 9.27. The molecule has 0 saturated carbocycles. The number of aromatic hydroxyl groups is 2. The minimum atomic E-state index is -0.218. The third-order valence-corrected chi connectivity index (χ3v) is 1.91. The summed E-state index contributed by atoms with van der Waals surface area (Å²) in [7, 11) is 1.47. The molecule has 1 aromatic carbocycles. The van der Waals surface area contributed by atoms with Crippen LogP contribution >= 0.6 is 0 Å². The van der Waals surface area contributed by atoms with E-state index < -0.39 is 0 Å². The Bertz CT molecular complexity index is 478. The van der Waals surface area contributed by atoms with Gasteiger partial charge in [0, 0.05) is 5.56 Å². The van der Waals surface area contributed by atoms with Gasteiger partial charge in [-0.3, -0.25) is 0 Å². The van der Waals surface area contributed by atoms with Gasteiger partial charge in [-0.25, -0.2) is 4.98 Å². The summed E-state index contributed by atoms with van der Waals surface area (Å²) in [6, 6.07) is 4.31. The van der Waals surface area contributed by atoms with Crippen LogP contribution in [0.25, 0.3) is 11.5 Å². The van der Waals surface area contributed by atoms with Gasteiger partial charge < -0.3 is 19.4 Å². The molecule has 0 radical (unpaired) electrons. The van der Waals surface area contributed by atoms with Gasteiger partial charge in [0.05, 0.1) is 7.11 Å². The zero-order chi connectivity index (χ0) is 10.8. The Hall–Kier alpha value is -2.17. The molecule has 0 aliphatic rings. The molecule has 0 bridgehead atoms. The van der Waals surface area contributed by atoms with Gasteiger partial charge in [-0.1, -0.05) is 0 Å². The number of nitrogens with zero attached hydrogens (tertiary/aromatic N) is 1. The average Bonchev–Trinajstić information content (AvgIpc) is 2.70. The number of ether oxygens (including phenoxy) is 1. The van der Waals surface area contributed by atoms with Crippen molar-refractivity contribution in [3.63, 3.8) is 0 Å². The summed E-state index contributed by atoms with van der Waals surface area (Å²) in [5.74, 6) is 0.210. The molecule has 0 fully saturated rings. The van der Waals surface area contributed by atoms with E-state index in [1.807, 2.05) is 0 Å². The minimum Gasteiger partial charge on any atom is -0.504 e. The molecule has 5 nitrogen and oxygen atoms in total. The monoisotopic (exact) mass is 207 g/mol. The van der Waals surface area contributed by atoms with E-state index in [4.69, 9.17) is 14.3 Å². The second-order valence-electron chi connectivity index (χ2n) is 2.89. The molecule has 0 atom stereocenters. The number of methoxy groups -OCH3 is 1. The second-order valence-corrected chi connectivity index (χ2v) is 2.89. The first-order chi connectivity index (χ1) is 7.20. The van der Waals surface area contributed by atoms with E-state index in [1.165, 1.54) is 25.4 Å². The van der Waals surface area contributed by atoms with Crippen LogP contribution in [0.4, 0.5) is 0 Å². The highest BCUT2D eigenvalue weighted by Gasteiger charge is 2.08. The first kappa shape index (κ1) is 9.39. The normalized spacial score (nSPS) is 10.2. The van der Waals surface area contributed by atoms with Gasteiger partial charge in [0.1, 0.15) is 6.20 Å². The van der Waals surface area contributed by atoms with Crippen molar-refractivity contribution in [2.24, 2.45) is 0 Å². The first-order valence-corrected chi connectivity index (χ1v) is 4.23. The Balaban J connectivity index is 2.40. The molecule has 0 spiro atoms. The third-order valence-electron chi connectivity index (χ3n) is 1.91. The molecule has 2 rings (SSSR count). The maximum absolute atomic E-state index is 9.27. The highest BCUT2D eigenvalue weighted by Crippen LogP contribution is 2.31. The number of hydrogen-bond donors (Lipinski definition) is 2. The average molecular weight is 207 g/mol. The standard InChI is InChI=1S/C10H9NO4/c1-14-9-5-11-10(15-9)6-2-3-7(12)8(13)4-6/h2-5,12-13H,1H3. The van der Waals surface area contributed by atoms with Gasteiger partial charge in [-0.2, -0.15) is 0 Å². The number of phenols is 2. The van der Waals surface area contributed by atoms with Crippen LogP contribution in [0, 0.1) is 0 Å². The zero-order valence-corrected chi connectivity index (χ0v) is 7.97. The quantitative estimate of drug-likeness (QED) is 0.734. The number of phenolic OH excluding ortho intramolecular Hbond substituents is 2. The van der Waals surface area contributed by atoms with Gasteiger partial charge in [0.15, 0.2) is 11.5 Å². The van der Waals surface area contributed by atoms with E-state index in [1.54, 1.807) is 6.07 Å². The molecule has 2 N–H and O–H groups in total. The fourth-order valence-electron chi connectivity index (χ4n) is 1.14. The number of rotatable bonds is 2. The molecular formula is C10H9NO4. The van der Waals surface area contributed by atoms with E-state index in [0.29, 0.717) is 11.5 Å². The Morgan fingerprint density at radius 1 is 1.27 bits per heavy atom. The Morgan fingerprint density at radius 3 is 2.67 bits per heavy atom. The summed E-state index contributed by atoms with van der Waals surface area (Å²) < 4.78 is 10.0. The van der Waals surface area contributed by atoms with Crippen LogP contribution in [0.1, 0.15) is 0 Å². The molecular weight excluding hydrogens is 198 g/mol. The highest BCUT2D eigenvalue weighted by atomic mass is 16.6. The third kappa shape index (κ3) is 1.71. The number of oxazole rings is 1. The maximum Gasteiger partial charge on any atom is 0.305 e. The fraction of sp³-hybridized carbons (Fsp3) is 0.100. The molecule has 0 aliphatic heterocycles. The van der Waals surface area contributed by atoms with Gasteiger partial charge in [-0.05, 0) is 18.2 Å². The SMILES string of the molecule is COc1cnc(-c2ccc(O)c(O)c2)o1. The zero-order valence-electron chi connectivity index (χ0n) is 7.97. The van der Waals surface area contributed by atoms with Crippen LogP contribution < -0.4 is 4.74 Å². The summed E-state index contributed by atoms with van der Waals surface area (Å²) in [5.41, 5.74) is 0.564. The van der Waals surface area contributed by atoms with Crippen molar-refractivity contribution in [3.8, 4) is 28.9 Å². The Labute approximate surface area is 85.6 Å². The van der Waals surface area contributed by atoms with Crippen molar-refractivity contribution in [1.29, 1.82) is 0 Å². The first-order valence-electron chi connectivity index (χ1n) is 4.23. The predicted octanol–water partition coefficient (Wildman–Crippen LogP) is 1.76. The minimum absolute atomic E-state index is 0.183. The molecule has 1 heterocycles. The molecule has 0 unspecified atom stereocenters. The van der Waals surface area contributed by atoms with Crippen LogP contribution in [-0.2, 0) is 0 Å². The lowest BCUT2D eigenvalue weighted by Gasteiger charge is -1.99. The molecule has 15 heavy (non-hydrogen) atoms. The summed E-state index contributed by atoms with van der Waals surface area (Å²) in [4.78, 5) is 3.94. The second kappa shape index (κ2) is 3.53. The number of hydrogen-bond acceptors (Lipinski definition) is 5. The molecule has 78 valence electrons. The fourth-order valence-corrected chi connectivity index (χ4v) is 1.14. The van der Waals surface area contributed by atoms with Crippen molar-refractivity contribution < 1.29 is 19.4 Å². The van der Waals surface area contributed by atoms with E-state index in [0.717, 1.165) is 0 Å². The Kier molecular flexibility index (Phi) is 2.21. The van der Waals surface area contributed by atoms with E-state index >= 15 is 0 Å². The lowest BCUT2D eigenvalue weighted by atomic mass is 10.2. The number of benzene rings is 1. The van der Waals surface area contributed by atoms with Crippen LogP contribution in [0.2, 0.25) is 0 Å². The van der Waals surface area contributed by atoms with Crippen LogP contribution in [0.5, 0.6) is 17.4 Å². The Morgan fingerprint density at radius 2 is 2.07 bits per heavy atom. The molecule has 0 amide bonds. The van der Waals surface area contributed by atoms with E-state index in [2.05, 4.69) is 4.98 Å². The molecule has 0 saturated heterocycles. The van der Waals surface area contributed by atoms with Crippen molar-refractivity contribution in [1.82, 2.24) is 4.98 Å². The van der Waals surface area contributed by atoms with E-state index in [9.17, 15) is 5.11 Å². The van der Waals surface area contributed by atoms with Gasteiger partial charge in [0.2, 0.25) is 5.89 Å². The van der Waals surface area contributed by atoms with Crippen molar-refractivity contribution in [2.75, 3.05) is 7.11 Å². The molecule has 5 heteroatoms. The summed E-state index contributed by atoms with van der Waals surface area (Å²) in [5, 5.41) is 18.4. The van der Waals surface area contributed by atoms with Crippen LogP contribution in [0.15, 0.2) is 28.8 Å². The molecule has 2 aromatic rings. The summed E-state index contributed by atoms with van der Waals surface area (Å²) in [6.07, 6.45) is 1.43. The summed E-state index contributed by atoms with van der Waals surface area (Å²) in [6.45, 7) is 0. The lowest BCUT2D eigenvalue weighted by Crippen LogP contribution is -1.77. The van der Waals surface area contributed by atoms with Gasteiger partial charge in [-0.15, -0.1) is 0 Å². The van der Waals surface area contributed by atoms with Gasteiger partial charge >= 0.3 is 5.95 Å². The number of aromatic nitrogens is 1. The van der Waals surface area contributed by atoms with Crippen LogP contribution in [0.3, 0.4) is 0 Å². The van der Waals surface area contributed by atoms with Crippen molar-refractivity contribution in [3.05, 3.63) is 24.4 Å². The van der Waals surface area contributed by atoms with Gasteiger partial charge in [0.25, 0.3) is 0 Å². The molecule has 0 aliphatic carbocycles. The predicted molar refractivity (Wildman–Crippen MR) is 51.8 cm³/mol. The van der Waals surface area contributed by atoms with Crippen molar-refractivity contribution in [2.45, 2.75) is 0 Å². The van der Waals surface area contributed by atoms with E-state index in [-0.39, 0.29) is 17.4 Å². The smallest absolute Gasteiger partial charge is 0.305 e. The highest BCUT2D eigenvalue weighted by molar-refractivity contribution is 5.59.